The summed E-state index contributed by atoms with van der Waals surface area (Å²) in [6.45, 7) is 10.7. The average molecular weight is 216 g/mol. The maximum absolute atomic E-state index is 12.2. The minimum atomic E-state index is 0.126. The quantitative estimate of drug-likeness (QED) is 0.644. The number of hydrogen-bond donors (Lipinski definition) is 0. The van der Waals surface area contributed by atoms with Gasteiger partial charge in [0, 0.05) is 11.5 Å². The molecule has 0 saturated heterocycles. The van der Waals surface area contributed by atoms with E-state index in [0.29, 0.717) is 5.78 Å². The first-order valence-corrected chi connectivity index (χ1v) is 5.99. The summed E-state index contributed by atoms with van der Waals surface area (Å²) in [4.78, 5) is 12.2. The summed E-state index contributed by atoms with van der Waals surface area (Å²) in [5.74, 6) is 0.474. The minimum Gasteiger partial charge on any atom is -0.294 e. The highest BCUT2D eigenvalue weighted by Crippen LogP contribution is 2.40. The molecule has 1 unspecified atom stereocenters. The third-order valence-electron chi connectivity index (χ3n) is 3.89. The predicted molar refractivity (Wildman–Crippen MR) is 67.1 cm³/mol. The lowest BCUT2D eigenvalue weighted by Crippen LogP contribution is -2.33. The van der Waals surface area contributed by atoms with Gasteiger partial charge in [0.25, 0.3) is 0 Å². The van der Waals surface area contributed by atoms with E-state index in [1.807, 2.05) is 6.92 Å². The normalized spacial score (nSPS) is 23.1. The molecule has 1 aromatic carbocycles. The lowest BCUT2D eigenvalue weighted by molar-refractivity contribution is 0.0888. The molecule has 0 saturated carbocycles. The number of carbonyl (C=O) groups is 1. The maximum atomic E-state index is 12.2. The van der Waals surface area contributed by atoms with Crippen LogP contribution in [0.1, 0.15) is 54.2 Å². The summed E-state index contributed by atoms with van der Waals surface area (Å²) in [6, 6.07) is 4.28. The van der Waals surface area contributed by atoms with E-state index in [-0.39, 0.29) is 11.3 Å². The van der Waals surface area contributed by atoms with Crippen molar-refractivity contribution in [2.24, 2.45) is 5.92 Å². The molecule has 0 spiro atoms. The Kier molecular flexibility index (Phi) is 2.45. The van der Waals surface area contributed by atoms with Crippen LogP contribution < -0.4 is 0 Å². The van der Waals surface area contributed by atoms with Gasteiger partial charge in [-0.2, -0.15) is 0 Å². The Morgan fingerprint density at radius 2 is 1.75 bits per heavy atom. The Balaban J connectivity index is 2.69. The van der Waals surface area contributed by atoms with Crippen molar-refractivity contribution in [1.29, 1.82) is 0 Å². The Hall–Kier alpha value is -1.11. The largest absolute Gasteiger partial charge is 0.294 e. The molecule has 0 amide bonds. The van der Waals surface area contributed by atoms with Crippen molar-refractivity contribution >= 4 is 5.78 Å². The van der Waals surface area contributed by atoms with Crippen molar-refractivity contribution in [3.63, 3.8) is 0 Å². The number of benzene rings is 1. The smallest absolute Gasteiger partial charge is 0.166 e. The van der Waals surface area contributed by atoms with Crippen LogP contribution in [0, 0.1) is 19.8 Å². The zero-order valence-electron chi connectivity index (χ0n) is 10.8. The Morgan fingerprint density at radius 3 is 2.38 bits per heavy atom. The molecule has 1 heteroatoms. The number of fused-ring (bicyclic) bond motifs is 1. The maximum Gasteiger partial charge on any atom is 0.166 e. The van der Waals surface area contributed by atoms with Crippen LogP contribution in [0.4, 0.5) is 0 Å². The van der Waals surface area contributed by atoms with E-state index < -0.39 is 0 Å². The van der Waals surface area contributed by atoms with Crippen LogP contribution in [-0.4, -0.2) is 5.78 Å². The first kappa shape index (κ1) is 11.4. The van der Waals surface area contributed by atoms with E-state index in [1.54, 1.807) is 0 Å². The van der Waals surface area contributed by atoms with Gasteiger partial charge < -0.3 is 0 Å². The lowest BCUT2D eigenvalue weighted by Gasteiger charge is -2.35. The van der Waals surface area contributed by atoms with E-state index in [2.05, 4.69) is 39.8 Å². The van der Waals surface area contributed by atoms with Gasteiger partial charge in [0.2, 0.25) is 0 Å². The fourth-order valence-electron chi connectivity index (χ4n) is 2.81. The van der Waals surface area contributed by atoms with Crippen LogP contribution in [0.3, 0.4) is 0 Å². The number of hydrogen-bond acceptors (Lipinski definition) is 1. The molecule has 0 bridgehead atoms. The first-order chi connectivity index (χ1) is 7.33. The highest BCUT2D eigenvalue weighted by Gasteiger charge is 2.36. The zero-order chi connectivity index (χ0) is 12.1. The van der Waals surface area contributed by atoms with Gasteiger partial charge in [-0.05, 0) is 48.4 Å². The van der Waals surface area contributed by atoms with Crippen LogP contribution in [0.15, 0.2) is 12.1 Å². The molecule has 0 radical (unpaired) electrons. The molecule has 0 heterocycles. The van der Waals surface area contributed by atoms with Crippen LogP contribution in [0.25, 0.3) is 0 Å². The summed E-state index contributed by atoms with van der Waals surface area (Å²) < 4.78 is 0. The molecule has 1 nitrogen and oxygen atoms in total. The lowest BCUT2D eigenvalue weighted by atomic mass is 9.67. The van der Waals surface area contributed by atoms with Crippen molar-refractivity contribution in [3.8, 4) is 0 Å². The second-order valence-corrected chi connectivity index (χ2v) is 5.84. The van der Waals surface area contributed by atoms with Gasteiger partial charge in [-0.1, -0.05) is 26.8 Å². The molecular weight excluding hydrogens is 196 g/mol. The van der Waals surface area contributed by atoms with Crippen molar-refractivity contribution < 1.29 is 4.79 Å². The summed E-state index contributed by atoms with van der Waals surface area (Å²) in [5.41, 5.74) is 4.82. The number of carbonyl (C=O) groups excluding carboxylic acids is 1. The van der Waals surface area contributed by atoms with Crippen molar-refractivity contribution in [2.75, 3.05) is 0 Å². The Morgan fingerprint density at radius 1 is 1.19 bits per heavy atom. The predicted octanol–water partition coefficient (Wildman–Crippen LogP) is 3.80. The van der Waals surface area contributed by atoms with E-state index >= 15 is 0 Å². The molecular formula is C15H20O. The molecule has 0 N–H and O–H groups in total. The second kappa shape index (κ2) is 3.44. The summed E-state index contributed by atoms with van der Waals surface area (Å²) in [5, 5.41) is 0. The minimum absolute atomic E-state index is 0.126. The highest BCUT2D eigenvalue weighted by atomic mass is 16.1. The van der Waals surface area contributed by atoms with Crippen LogP contribution in [0.2, 0.25) is 0 Å². The van der Waals surface area contributed by atoms with E-state index in [0.717, 1.165) is 12.0 Å². The van der Waals surface area contributed by atoms with Crippen LogP contribution in [0.5, 0.6) is 0 Å². The average Bonchev–Trinajstić information content (AvgIpc) is 2.17. The molecule has 86 valence electrons. The number of ketones is 1. The monoisotopic (exact) mass is 216 g/mol. The molecule has 1 atom stereocenters. The number of aryl methyl sites for hydroxylation is 2. The van der Waals surface area contributed by atoms with E-state index in [1.165, 1.54) is 16.7 Å². The molecule has 1 aliphatic rings. The highest BCUT2D eigenvalue weighted by molar-refractivity contribution is 6.00. The van der Waals surface area contributed by atoms with Crippen LogP contribution >= 0.6 is 0 Å². The van der Waals surface area contributed by atoms with Gasteiger partial charge in [-0.25, -0.2) is 0 Å². The Bertz CT molecular complexity index is 455. The number of Topliss-reactive ketones (excluding diaryl/α,β-unsaturated/α-hetero) is 1. The second-order valence-electron chi connectivity index (χ2n) is 5.84. The fourth-order valence-corrected chi connectivity index (χ4v) is 2.81. The molecule has 0 aliphatic heterocycles. The van der Waals surface area contributed by atoms with Crippen molar-refractivity contribution in [1.82, 2.24) is 0 Å². The molecule has 0 aromatic heterocycles. The Labute approximate surface area is 97.9 Å². The topological polar surface area (TPSA) is 17.1 Å². The molecule has 2 rings (SSSR count). The van der Waals surface area contributed by atoms with Crippen molar-refractivity contribution in [3.05, 3.63) is 34.4 Å². The summed E-state index contributed by atoms with van der Waals surface area (Å²) in [7, 11) is 0. The summed E-state index contributed by atoms with van der Waals surface area (Å²) >= 11 is 0. The van der Waals surface area contributed by atoms with Gasteiger partial charge in [0.1, 0.15) is 0 Å². The SMILES string of the molecule is Cc1cc2c(cc1C)C(C)(C)CC(C)C2=O. The standard InChI is InChI=1S/C15H20O/c1-9-6-12-13(7-10(9)2)15(4,5)8-11(3)14(12)16/h6-7,11H,8H2,1-5H3. The van der Waals surface area contributed by atoms with Crippen LogP contribution in [-0.2, 0) is 5.41 Å². The number of rotatable bonds is 0. The fraction of sp³-hybridized carbons (Fsp3) is 0.533. The van der Waals surface area contributed by atoms with Gasteiger partial charge >= 0.3 is 0 Å². The molecule has 1 aromatic rings. The van der Waals surface area contributed by atoms with E-state index in [9.17, 15) is 4.79 Å². The third-order valence-corrected chi connectivity index (χ3v) is 3.89. The van der Waals surface area contributed by atoms with Gasteiger partial charge in [0.05, 0.1) is 0 Å². The molecule has 0 fully saturated rings. The van der Waals surface area contributed by atoms with Gasteiger partial charge in [-0.3, -0.25) is 4.79 Å². The molecule has 16 heavy (non-hydrogen) atoms. The van der Waals surface area contributed by atoms with E-state index in [4.69, 9.17) is 0 Å². The molecule has 1 aliphatic carbocycles. The third kappa shape index (κ3) is 1.59. The van der Waals surface area contributed by atoms with Gasteiger partial charge in [0.15, 0.2) is 5.78 Å². The zero-order valence-corrected chi connectivity index (χ0v) is 10.8. The van der Waals surface area contributed by atoms with Crippen molar-refractivity contribution in [2.45, 2.75) is 46.5 Å². The first-order valence-electron chi connectivity index (χ1n) is 5.99. The summed E-state index contributed by atoms with van der Waals surface area (Å²) in [6.07, 6.45) is 0.960. The van der Waals surface area contributed by atoms with Gasteiger partial charge in [-0.15, -0.1) is 0 Å².